The van der Waals surface area contributed by atoms with Crippen molar-refractivity contribution in [2.45, 2.75) is 0 Å². The number of urea groups is 1. The van der Waals surface area contributed by atoms with Gasteiger partial charge in [-0.3, -0.25) is 10.1 Å². The lowest BCUT2D eigenvalue weighted by Gasteiger charge is -2.05. The largest absolute Gasteiger partial charge is 0.348 e. The fraction of sp³-hybridized carbons (Fsp3) is 0.111. The minimum absolute atomic E-state index is 0.190. The first-order valence-electron chi connectivity index (χ1n) is 4.44. The number of hydrogen-bond donors (Lipinski definition) is 4. The fourth-order valence-corrected chi connectivity index (χ4v) is 1.23. The molecule has 1 aromatic rings. The van der Waals surface area contributed by atoms with Gasteiger partial charge in [0, 0.05) is 18.0 Å². The summed E-state index contributed by atoms with van der Waals surface area (Å²) in [4.78, 5) is 25.0. The van der Waals surface area contributed by atoms with Crippen LogP contribution in [-0.2, 0) is 4.79 Å². The number of carbonyl (C=O) groups excluding carboxylic acids is 2. The van der Waals surface area contributed by atoms with Gasteiger partial charge in [-0.15, -0.1) is 0 Å². The van der Waals surface area contributed by atoms with E-state index in [1.54, 1.807) is 18.3 Å². The maximum Gasteiger partial charge on any atom is 0.324 e. The zero-order valence-corrected chi connectivity index (χ0v) is 7.83. The summed E-state index contributed by atoms with van der Waals surface area (Å²) >= 11 is 0. The molecule has 2 heterocycles. The van der Waals surface area contributed by atoms with E-state index in [0.717, 1.165) is 0 Å². The topological polar surface area (TPSA) is 86.0 Å². The summed E-state index contributed by atoms with van der Waals surface area (Å²) in [5, 5.41) is 7.69. The van der Waals surface area contributed by atoms with E-state index < -0.39 is 0 Å². The second kappa shape index (κ2) is 3.87. The van der Waals surface area contributed by atoms with Gasteiger partial charge in [-0.2, -0.15) is 0 Å². The van der Waals surface area contributed by atoms with Crippen molar-refractivity contribution >= 4 is 17.8 Å². The van der Waals surface area contributed by atoms with Gasteiger partial charge in [-0.1, -0.05) is 0 Å². The second-order valence-electron chi connectivity index (χ2n) is 3.05. The third-order valence-electron chi connectivity index (χ3n) is 1.88. The van der Waals surface area contributed by atoms with Crippen LogP contribution in [0.15, 0.2) is 30.1 Å². The molecule has 15 heavy (non-hydrogen) atoms. The van der Waals surface area contributed by atoms with Gasteiger partial charge in [0.25, 0.3) is 0 Å². The molecule has 6 nitrogen and oxygen atoms in total. The van der Waals surface area contributed by atoms with E-state index in [-0.39, 0.29) is 11.9 Å². The molecule has 1 aromatic heterocycles. The van der Waals surface area contributed by atoms with E-state index in [0.29, 0.717) is 18.1 Å². The number of nitrogens with one attached hydrogen (secondary N) is 4. The highest BCUT2D eigenvalue weighted by Crippen LogP contribution is 2.01. The molecule has 6 heteroatoms. The SMILES string of the molecule is O=C1C=C(NC(=O)Nc2ccc[nH]2)CN1. The minimum atomic E-state index is -0.375. The summed E-state index contributed by atoms with van der Waals surface area (Å²) < 4.78 is 0. The number of aromatic amines is 1. The van der Waals surface area contributed by atoms with E-state index >= 15 is 0 Å². The maximum atomic E-state index is 11.4. The lowest BCUT2D eigenvalue weighted by molar-refractivity contribution is -0.115. The standard InChI is InChI=1S/C9H10N4O2/c14-8-4-6(5-11-8)12-9(15)13-7-2-1-3-10-7/h1-4,10H,5H2,(H,11,14)(H2,12,13,15). The Morgan fingerprint density at radius 1 is 1.40 bits per heavy atom. The monoisotopic (exact) mass is 206 g/mol. The Labute approximate surface area is 85.7 Å². The lowest BCUT2D eigenvalue weighted by atomic mass is 10.4. The number of aromatic nitrogens is 1. The van der Waals surface area contributed by atoms with Crippen molar-refractivity contribution in [3.63, 3.8) is 0 Å². The summed E-state index contributed by atoms with van der Waals surface area (Å²) in [5.74, 6) is 0.413. The molecule has 0 saturated carbocycles. The van der Waals surface area contributed by atoms with Crippen molar-refractivity contribution in [2.24, 2.45) is 0 Å². The van der Waals surface area contributed by atoms with Crippen LogP contribution in [0.5, 0.6) is 0 Å². The van der Waals surface area contributed by atoms with E-state index in [2.05, 4.69) is 20.9 Å². The molecule has 78 valence electrons. The zero-order chi connectivity index (χ0) is 10.7. The molecular formula is C9H10N4O2. The number of H-pyrrole nitrogens is 1. The van der Waals surface area contributed by atoms with Crippen molar-refractivity contribution in [3.8, 4) is 0 Å². The van der Waals surface area contributed by atoms with Crippen LogP contribution in [0.2, 0.25) is 0 Å². The molecule has 0 atom stereocenters. The third kappa shape index (κ3) is 2.37. The van der Waals surface area contributed by atoms with Gasteiger partial charge in [-0.25, -0.2) is 4.79 Å². The summed E-state index contributed by atoms with van der Waals surface area (Å²) in [5.41, 5.74) is 0.559. The molecule has 0 radical (unpaired) electrons. The molecule has 0 spiro atoms. The van der Waals surface area contributed by atoms with Crippen molar-refractivity contribution in [1.29, 1.82) is 0 Å². The first kappa shape index (κ1) is 9.32. The van der Waals surface area contributed by atoms with Gasteiger partial charge in [0.2, 0.25) is 5.91 Å². The van der Waals surface area contributed by atoms with Gasteiger partial charge < -0.3 is 15.6 Å². The molecule has 0 bridgehead atoms. The summed E-state index contributed by atoms with van der Waals surface area (Å²) in [7, 11) is 0. The van der Waals surface area contributed by atoms with Crippen LogP contribution in [0.3, 0.4) is 0 Å². The Hall–Kier alpha value is -2.24. The number of rotatable bonds is 2. The average molecular weight is 206 g/mol. The van der Waals surface area contributed by atoms with E-state index in [1.165, 1.54) is 6.08 Å². The molecule has 0 fully saturated rings. The Balaban J connectivity index is 1.88. The van der Waals surface area contributed by atoms with Crippen LogP contribution >= 0.6 is 0 Å². The van der Waals surface area contributed by atoms with Crippen LogP contribution in [0.1, 0.15) is 0 Å². The van der Waals surface area contributed by atoms with Gasteiger partial charge >= 0.3 is 6.03 Å². The van der Waals surface area contributed by atoms with Crippen LogP contribution < -0.4 is 16.0 Å². The summed E-state index contributed by atoms with van der Waals surface area (Å²) in [6, 6.07) is 3.13. The van der Waals surface area contributed by atoms with Crippen molar-refractivity contribution in [1.82, 2.24) is 15.6 Å². The van der Waals surface area contributed by atoms with Crippen LogP contribution in [0, 0.1) is 0 Å². The predicted molar refractivity (Wildman–Crippen MR) is 54.0 cm³/mol. The maximum absolute atomic E-state index is 11.4. The Kier molecular flexibility index (Phi) is 2.40. The molecule has 1 aliphatic heterocycles. The third-order valence-corrected chi connectivity index (χ3v) is 1.88. The normalized spacial score (nSPS) is 14.4. The molecular weight excluding hydrogens is 196 g/mol. The Morgan fingerprint density at radius 3 is 2.87 bits per heavy atom. The average Bonchev–Trinajstić information content (AvgIpc) is 2.77. The van der Waals surface area contributed by atoms with Crippen LogP contribution in [0.25, 0.3) is 0 Å². The van der Waals surface area contributed by atoms with E-state index in [4.69, 9.17) is 0 Å². The first-order chi connectivity index (χ1) is 7.24. The smallest absolute Gasteiger partial charge is 0.324 e. The second-order valence-corrected chi connectivity index (χ2v) is 3.05. The number of anilines is 1. The highest BCUT2D eigenvalue weighted by Gasteiger charge is 2.12. The molecule has 0 saturated heterocycles. The quantitative estimate of drug-likeness (QED) is 0.555. The lowest BCUT2D eigenvalue weighted by Crippen LogP contribution is -2.30. The molecule has 2 rings (SSSR count). The first-order valence-corrected chi connectivity index (χ1v) is 4.44. The summed E-state index contributed by atoms with van der Waals surface area (Å²) in [6.07, 6.45) is 3.06. The Morgan fingerprint density at radius 2 is 2.27 bits per heavy atom. The molecule has 0 aliphatic carbocycles. The van der Waals surface area contributed by atoms with E-state index in [1.807, 2.05) is 0 Å². The molecule has 1 aliphatic rings. The fourth-order valence-electron chi connectivity index (χ4n) is 1.23. The van der Waals surface area contributed by atoms with Crippen molar-refractivity contribution in [3.05, 3.63) is 30.1 Å². The molecule has 3 amide bonds. The molecule has 4 N–H and O–H groups in total. The molecule has 0 aromatic carbocycles. The van der Waals surface area contributed by atoms with Crippen molar-refractivity contribution in [2.75, 3.05) is 11.9 Å². The Bertz CT molecular complexity index is 408. The minimum Gasteiger partial charge on any atom is -0.348 e. The van der Waals surface area contributed by atoms with Gasteiger partial charge in [0.05, 0.1) is 6.54 Å². The van der Waals surface area contributed by atoms with Gasteiger partial charge in [0.15, 0.2) is 0 Å². The predicted octanol–water partition coefficient (Wildman–Crippen LogP) is 0.150. The highest BCUT2D eigenvalue weighted by atomic mass is 16.2. The molecule has 0 unspecified atom stereocenters. The number of amides is 3. The summed E-state index contributed by atoms with van der Waals surface area (Å²) in [6.45, 7) is 0.358. The number of hydrogen-bond acceptors (Lipinski definition) is 2. The highest BCUT2D eigenvalue weighted by molar-refractivity contribution is 5.94. The van der Waals surface area contributed by atoms with E-state index in [9.17, 15) is 9.59 Å². The zero-order valence-electron chi connectivity index (χ0n) is 7.83. The van der Waals surface area contributed by atoms with Gasteiger partial charge in [-0.05, 0) is 12.1 Å². The number of carbonyl (C=O) groups is 2. The van der Waals surface area contributed by atoms with Crippen LogP contribution in [0.4, 0.5) is 10.6 Å². The van der Waals surface area contributed by atoms with Crippen molar-refractivity contribution < 1.29 is 9.59 Å². The van der Waals surface area contributed by atoms with Gasteiger partial charge in [0.1, 0.15) is 5.82 Å². The van der Waals surface area contributed by atoms with Crippen LogP contribution in [-0.4, -0.2) is 23.5 Å².